The summed E-state index contributed by atoms with van der Waals surface area (Å²) in [6.07, 6.45) is 3.08. The third-order valence-corrected chi connectivity index (χ3v) is 9.15. The van der Waals surface area contributed by atoms with Crippen molar-refractivity contribution in [2.45, 2.75) is 49.9 Å². The van der Waals surface area contributed by atoms with E-state index in [1.807, 2.05) is 12.1 Å². The van der Waals surface area contributed by atoms with E-state index in [2.05, 4.69) is 10.6 Å². The molecule has 3 amide bonds. The number of nitrogens with zero attached hydrogens (tertiary/aromatic N) is 1. The van der Waals surface area contributed by atoms with Gasteiger partial charge in [-0.15, -0.1) is 0 Å². The molecule has 1 saturated carbocycles. The monoisotopic (exact) mass is 533 g/mol. The second kappa shape index (κ2) is 9.86. The number of aliphatic hydroxyl groups excluding tert-OH is 1. The molecule has 0 unspecified atom stereocenters. The Morgan fingerprint density at radius 3 is 2.33 bits per heavy atom. The molecule has 2 saturated heterocycles. The molecule has 0 radical (unpaired) electrons. The lowest BCUT2D eigenvalue weighted by Crippen LogP contribution is -2.56. The van der Waals surface area contributed by atoms with Crippen molar-refractivity contribution in [2.24, 2.45) is 17.8 Å². The topological polar surface area (TPSA) is 116 Å². The number of halogens is 1. The standard InChI is InChI=1S/C30H32FN3O5/c31-30(22-10-3-1-7-20(22)21-8-2-4-11-23(21)30)29(39)34-15-18-6-5-9-19(18)26(34)28(38)33-24(25(36)16-35)14-17-12-13-32-27(17)37/h1-4,7-8,10-11,17-19,24,26,35H,5-6,9,12-16H2,(H,32,37)(H,33,38)/t17-,18-,19-,24-,26-/m0/s1. The quantitative estimate of drug-likeness (QED) is 0.504. The van der Waals surface area contributed by atoms with Gasteiger partial charge in [0, 0.05) is 30.1 Å². The molecule has 5 atom stereocenters. The minimum Gasteiger partial charge on any atom is -0.389 e. The average molecular weight is 534 g/mol. The van der Waals surface area contributed by atoms with Gasteiger partial charge < -0.3 is 20.6 Å². The number of carbonyl (C=O) groups excluding carboxylic acids is 4. The minimum atomic E-state index is -2.44. The predicted octanol–water partition coefficient (Wildman–Crippen LogP) is 2.08. The van der Waals surface area contributed by atoms with Crippen LogP contribution in [0.5, 0.6) is 0 Å². The SMILES string of the molecule is O=C1NCC[C@H]1C[C@H](NC(=O)[C@@H]1[C@H]2CCC[C@H]2CN1C(=O)C1(F)c2ccccc2-c2ccccc21)C(=O)CO. The molecule has 0 bridgehead atoms. The van der Waals surface area contributed by atoms with Crippen LogP contribution in [0.4, 0.5) is 4.39 Å². The zero-order valence-corrected chi connectivity index (χ0v) is 21.6. The third-order valence-electron chi connectivity index (χ3n) is 9.15. The summed E-state index contributed by atoms with van der Waals surface area (Å²) in [6.45, 7) is -0.0191. The van der Waals surface area contributed by atoms with Crippen LogP contribution in [0.2, 0.25) is 0 Å². The van der Waals surface area contributed by atoms with Crippen molar-refractivity contribution in [1.82, 2.24) is 15.5 Å². The maximum absolute atomic E-state index is 17.3. The van der Waals surface area contributed by atoms with Gasteiger partial charge in [0.2, 0.25) is 17.5 Å². The lowest BCUT2D eigenvalue weighted by Gasteiger charge is -2.33. The number of carbonyl (C=O) groups is 4. The number of aliphatic hydroxyl groups is 1. The zero-order chi connectivity index (χ0) is 27.3. The molecule has 2 heterocycles. The summed E-state index contributed by atoms with van der Waals surface area (Å²) >= 11 is 0. The van der Waals surface area contributed by atoms with Crippen LogP contribution >= 0.6 is 0 Å². The highest BCUT2D eigenvalue weighted by Gasteiger charge is 2.58. The van der Waals surface area contributed by atoms with E-state index in [9.17, 15) is 24.3 Å². The molecule has 6 rings (SSSR count). The Morgan fingerprint density at radius 2 is 1.72 bits per heavy atom. The van der Waals surface area contributed by atoms with Crippen LogP contribution < -0.4 is 10.6 Å². The van der Waals surface area contributed by atoms with Gasteiger partial charge in [0.15, 0.2) is 5.78 Å². The van der Waals surface area contributed by atoms with E-state index in [4.69, 9.17) is 0 Å². The Hall–Kier alpha value is -3.59. The van der Waals surface area contributed by atoms with Crippen molar-refractivity contribution in [1.29, 1.82) is 0 Å². The van der Waals surface area contributed by atoms with Gasteiger partial charge in [0.05, 0.1) is 6.04 Å². The maximum Gasteiger partial charge on any atom is 0.270 e. The number of nitrogens with one attached hydrogen (secondary N) is 2. The molecule has 2 aromatic rings. The molecule has 2 aliphatic heterocycles. The Bertz CT molecular complexity index is 1300. The molecular formula is C30H32FN3O5. The van der Waals surface area contributed by atoms with E-state index in [0.29, 0.717) is 24.1 Å². The van der Waals surface area contributed by atoms with Crippen molar-refractivity contribution in [2.75, 3.05) is 19.7 Å². The van der Waals surface area contributed by atoms with Crippen LogP contribution in [-0.4, -0.2) is 65.3 Å². The highest BCUT2D eigenvalue weighted by Crippen LogP contribution is 2.52. The summed E-state index contributed by atoms with van der Waals surface area (Å²) in [5, 5.41) is 15.0. The highest BCUT2D eigenvalue weighted by molar-refractivity contribution is 6.01. The molecule has 3 fully saturated rings. The molecule has 9 heteroatoms. The van der Waals surface area contributed by atoms with Gasteiger partial charge in [-0.1, -0.05) is 55.0 Å². The van der Waals surface area contributed by atoms with Crippen LogP contribution in [0.1, 0.15) is 43.2 Å². The maximum atomic E-state index is 17.3. The average Bonchev–Trinajstić information content (AvgIpc) is 3.71. The molecule has 2 aliphatic carbocycles. The van der Waals surface area contributed by atoms with E-state index in [1.54, 1.807) is 36.4 Å². The fraction of sp³-hybridized carbons (Fsp3) is 0.467. The second-order valence-electron chi connectivity index (χ2n) is 11.2. The van der Waals surface area contributed by atoms with E-state index in [1.165, 1.54) is 4.90 Å². The Balaban J connectivity index is 1.32. The van der Waals surface area contributed by atoms with Crippen molar-refractivity contribution in [3.05, 3.63) is 59.7 Å². The van der Waals surface area contributed by atoms with Crippen molar-refractivity contribution in [3.63, 3.8) is 0 Å². The number of rotatable bonds is 7. The first-order valence-corrected chi connectivity index (χ1v) is 13.8. The van der Waals surface area contributed by atoms with Gasteiger partial charge in [-0.3, -0.25) is 19.2 Å². The first-order valence-electron chi connectivity index (χ1n) is 13.8. The fourth-order valence-electron chi connectivity index (χ4n) is 7.25. The summed E-state index contributed by atoms with van der Waals surface area (Å²) in [7, 11) is 0. The summed E-state index contributed by atoms with van der Waals surface area (Å²) in [5.41, 5.74) is -0.575. The largest absolute Gasteiger partial charge is 0.389 e. The molecule has 4 aliphatic rings. The highest BCUT2D eigenvalue weighted by atomic mass is 19.1. The Labute approximate surface area is 225 Å². The van der Waals surface area contributed by atoms with Crippen LogP contribution in [0.15, 0.2) is 48.5 Å². The van der Waals surface area contributed by atoms with Gasteiger partial charge in [-0.25, -0.2) is 4.39 Å². The molecule has 0 aromatic heterocycles. The predicted molar refractivity (Wildman–Crippen MR) is 140 cm³/mol. The smallest absolute Gasteiger partial charge is 0.270 e. The van der Waals surface area contributed by atoms with Crippen LogP contribution in [0, 0.1) is 17.8 Å². The number of fused-ring (bicyclic) bond motifs is 4. The summed E-state index contributed by atoms with van der Waals surface area (Å²) in [5.74, 6) is -2.63. The van der Waals surface area contributed by atoms with Gasteiger partial charge in [-0.05, 0) is 48.6 Å². The Kier molecular flexibility index (Phi) is 6.49. The molecule has 204 valence electrons. The second-order valence-corrected chi connectivity index (χ2v) is 11.2. The summed E-state index contributed by atoms with van der Waals surface area (Å²) in [4.78, 5) is 54.2. The van der Waals surface area contributed by atoms with Gasteiger partial charge in [0.1, 0.15) is 12.6 Å². The van der Waals surface area contributed by atoms with E-state index in [0.717, 1.165) is 19.3 Å². The summed E-state index contributed by atoms with van der Waals surface area (Å²) < 4.78 is 17.3. The number of likely N-dealkylation sites (tertiary alicyclic amines) is 1. The van der Waals surface area contributed by atoms with Crippen molar-refractivity contribution >= 4 is 23.5 Å². The van der Waals surface area contributed by atoms with Crippen LogP contribution in [0.3, 0.4) is 0 Å². The normalized spacial score (nSPS) is 26.9. The molecule has 8 nitrogen and oxygen atoms in total. The third kappa shape index (κ3) is 4.06. The van der Waals surface area contributed by atoms with Crippen LogP contribution in [0.25, 0.3) is 11.1 Å². The minimum absolute atomic E-state index is 0.0628. The zero-order valence-electron chi connectivity index (χ0n) is 21.6. The number of alkyl halides is 1. The Morgan fingerprint density at radius 1 is 1.05 bits per heavy atom. The van der Waals surface area contributed by atoms with Gasteiger partial charge in [0.25, 0.3) is 5.91 Å². The van der Waals surface area contributed by atoms with E-state index >= 15 is 4.39 Å². The molecule has 2 aromatic carbocycles. The summed E-state index contributed by atoms with van der Waals surface area (Å²) in [6, 6.07) is 11.9. The van der Waals surface area contributed by atoms with Crippen LogP contribution in [-0.2, 0) is 24.8 Å². The lowest BCUT2D eigenvalue weighted by atomic mass is 9.90. The number of Topliss-reactive ketones (excluding diaryl/α,β-unsaturated/α-hetero) is 1. The van der Waals surface area contributed by atoms with Gasteiger partial charge >= 0.3 is 0 Å². The van der Waals surface area contributed by atoms with Crippen molar-refractivity contribution in [3.8, 4) is 11.1 Å². The number of hydrogen-bond acceptors (Lipinski definition) is 5. The fourth-order valence-corrected chi connectivity index (χ4v) is 7.25. The molecule has 3 N–H and O–H groups in total. The number of hydrogen-bond donors (Lipinski definition) is 3. The number of benzene rings is 2. The number of amides is 3. The number of ketones is 1. The van der Waals surface area contributed by atoms with E-state index < -0.39 is 47.9 Å². The first kappa shape index (κ1) is 25.7. The van der Waals surface area contributed by atoms with E-state index in [-0.39, 0.29) is 41.8 Å². The molecule has 0 spiro atoms. The molecular weight excluding hydrogens is 501 g/mol. The molecule has 39 heavy (non-hydrogen) atoms. The lowest BCUT2D eigenvalue weighted by molar-refractivity contribution is -0.148. The first-order chi connectivity index (χ1) is 18.8. The van der Waals surface area contributed by atoms with Gasteiger partial charge in [-0.2, -0.15) is 0 Å². The van der Waals surface area contributed by atoms with Crippen molar-refractivity contribution < 1.29 is 28.7 Å².